The first-order chi connectivity index (χ1) is 12.0. The minimum absolute atomic E-state index is 0.0659. The van der Waals surface area contributed by atoms with E-state index in [-0.39, 0.29) is 17.9 Å². The second-order valence-electron chi connectivity index (χ2n) is 5.69. The number of nitrogens with zero attached hydrogens (tertiary/aromatic N) is 2. The van der Waals surface area contributed by atoms with Gasteiger partial charge in [-0.1, -0.05) is 40.2 Å². The second kappa shape index (κ2) is 7.11. The van der Waals surface area contributed by atoms with Crippen LogP contribution in [-0.2, 0) is 13.6 Å². The molecule has 0 aliphatic carbocycles. The third-order valence-corrected chi connectivity index (χ3v) is 4.55. The fraction of sp³-hybridized carbons (Fsp3) is 0.158. The van der Waals surface area contributed by atoms with Crippen molar-refractivity contribution in [2.24, 2.45) is 7.05 Å². The van der Waals surface area contributed by atoms with Gasteiger partial charge in [-0.05, 0) is 24.3 Å². The molecule has 3 aromatic rings. The molecule has 2 aromatic carbocycles. The number of Topliss-reactive ketones (excluding diaryl/α,β-unsaturated/α-hetero) is 1. The molecule has 5 nitrogen and oxygen atoms in total. The summed E-state index contributed by atoms with van der Waals surface area (Å²) < 4.78 is 9.55. The number of hydrogen-bond donors (Lipinski definition) is 1. The molecule has 128 valence electrons. The van der Waals surface area contributed by atoms with E-state index in [1.54, 1.807) is 40.5 Å². The van der Waals surface area contributed by atoms with Gasteiger partial charge >= 0.3 is 0 Å². The highest BCUT2D eigenvalue weighted by Gasteiger charge is 2.13. The lowest BCUT2D eigenvalue weighted by Crippen LogP contribution is -2.25. The zero-order chi connectivity index (χ0) is 18.0. The Bertz CT molecular complexity index is 988. The van der Waals surface area contributed by atoms with Gasteiger partial charge in [0, 0.05) is 28.8 Å². The van der Waals surface area contributed by atoms with E-state index >= 15 is 0 Å². The van der Waals surface area contributed by atoms with Crippen LogP contribution < -0.4 is 10.4 Å². The highest BCUT2D eigenvalue weighted by Crippen LogP contribution is 2.22. The van der Waals surface area contributed by atoms with Crippen LogP contribution in [0.15, 0.2) is 59.2 Å². The van der Waals surface area contributed by atoms with Gasteiger partial charge in [0.25, 0.3) is 0 Å². The van der Waals surface area contributed by atoms with Gasteiger partial charge in [0.1, 0.15) is 5.75 Å². The molecule has 0 radical (unpaired) electrons. The van der Waals surface area contributed by atoms with E-state index in [0.29, 0.717) is 11.3 Å². The lowest BCUT2D eigenvalue weighted by atomic mass is 10.1. The number of imidazole rings is 1. The topological polar surface area (TPSA) is 60.0 Å². The van der Waals surface area contributed by atoms with Crippen LogP contribution in [0.2, 0.25) is 0 Å². The number of carbonyl (C=O) groups excluding carboxylic acids is 1. The van der Waals surface area contributed by atoms with Gasteiger partial charge in [0.2, 0.25) is 5.62 Å². The normalized spacial score (nSPS) is 10.7. The first-order valence-electron chi connectivity index (χ1n) is 7.73. The Labute approximate surface area is 154 Å². The molecule has 0 saturated heterocycles. The van der Waals surface area contributed by atoms with Gasteiger partial charge in [0.05, 0.1) is 19.3 Å². The highest BCUT2D eigenvalue weighted by atomic mass is 79.9. The van der Waals surface area contributed by atoms with E-state index in [9.17, 15) is 4.79 Å². The summed E-state index contributed by atoms with van der Waals surface area (Å²) in [4.78, 5) is 12.6. The number of nitrogens with one attached hydrogen (secondary N) is 1. The number of rotatable bonds is 5. The average molecular weight is 400 g/mol. The minimum Gasteiger partial charge on any atom is -0.497 e. The predicted octanol–water partition coefficient (Wildman–Crippen LogP) is 3.63. The van der Waals surface area contributed by atoms with Gasteiger partial charge in [0.15, 0.2) is 5.78 Å². The minimum atomic E-state index is -0.0659. The van der Waals surface area contributed by atoms with E-state index in [2.05, 4.69) is 15.9 Å². The standard InChI is InChI=1S/C19H18BrN3O2/c1-22-17(13-5-3-7-15(20)9-13)11-23(19(22)21)12-18(24)14-6-4-8-16(10-14)25-2/h3-11,21H,12H2,1-2H3. The van der Waals surface area contributed by atoms with E-state index in [4.69, 9.17) is 10.1 Å². The Balaban J connectivity index is 1.92. The molecule has 0 bridgehead atoms. The summed E-state index contributed by atoms with van der Waals surface area (Å²) >= 11 is 3.46. The van der Waals surface area contributed by atoms with E-state index in [1.807, 2.05) is 37.5 Å². The molecular weight excluding hydrogens is 382 g/mol. The zero-order valence-electron chi connectivity index (χ0n) is 14.0. The van der Waals surface area contributed by atoms with Gasteiger partial charge < -0.3 is 13.9 Å². The summed E-state index contributed by atoms with van der Waals surface area (Å²) in [5, 5.41) is 8.29. The number of aromatic nitrogens is 2. The molecule has 0 unspecified atom stereocenters. The van der Waals surface area contributed by atoms with Crippen LogP contribution in [0.3, 0.4) is 0 Å². The highest BCUT2D eigenvalue weighted by molar-refractivity contribution is 9.10. The number of ether oxygens (including phenoxy) is 1. The summed E-state index contributed by atoms with van der Waals surface area (Å²) in [7, 11) is 3.40. The summed E-state index contributed by atoms with van der Waals surface area (Å²) in [5.74, 6) is 0.577. The largest absolute Gasteiger partial charge is 0.497 e. The van der Waals surface area contributed by atoms with Crippen LogP contribution in [0.25, 0.3) is 11.3 Å². The molecule has 0 amide bonds. The van der Waals surface area contributed by atoms with Crippen molar-refractivity contribution in [1.29, 1.82) is 5.41 Å². The molecule has 0 saturated carbocycles. The van der Waals surface area contributed by atoms with Gasteiger partial charge in [-0.15, -0.1) is 0 Å². The Morgan fingerprint density at radius 3 is 2.68 bits per heavy atom. The second-order valence-corrected chi connectivity index (χ2v) is 6.61. The molecule has 0 aliphatic rings. The van der Waals surface area contributed by atoms with Crippen molar-refractivity contribution in [1.82, 2.24) is 9.13 Å². The van der Waals surface area contributed by atoms with E-state index < -0.39 is 0 Å². The van der Waals surface area contributed by atoms with Crippen molar-refractivity contribution in [2.75, 3.05) is 7.11 Å². The van der Waals surface area contributed by atoms with E-state index in [1.165, 1.54) is 0 Å². The van der Waals surface area contributed by atoms with Crippen molar-refractivity contribution in [2.45, 2.75) is 6.54 Å². The SMILES string of the molecule is COc1cccc(C(=O)Cn2cc(-c3cccc(Br)c3)n(C)c2=N)c1. The smallest absolute Gasteiger partial charge is 0.202 e. The maximum Gasteiger partial charge on any atom is 0.202 e. The van der Waals surface area contributed by atoms with Gasteiger partial charge in [-0.3, -0.25) is 10.2 Å². The average Bonchev–Trinajstić information content (AvgIpc) is 2.90. The molecule has 3 rings (SSSR count). The molecule has 1 N–H and O–H groups in total. The Hall–Kier alpha value is -2.60. The van der Waals surface area contributed by atoms with Crippen LogP contribution in [-0.4, -0.2) is 22.0 Å². The monoisotopic (exact) mass is 399 g/mol. The molecule has 0 atom stereocenters. The van der Waals surface area contributed by atoms with E-state index in [0.717, 1.165) is 15.7 Å². The quantitative estimate of drug-likeness (QED) is 0.665. The third-order valence-electron chi connectivity index (χ3n) is 4.06. The molecule has 0 aliphatic heterocycles. The first-order valence-corrected chi connectivity index (χ1v) is 8.53. The molecular formula is C19H18BrN3O2. The van der Waals surface area contributed by atoms with Crippen LogP contribution in [0.5, 0.6) is 5.75 Å². The lowest BCUT2D eigenvalue weighted by molar-refractivity contribution is 0.0970. The number of methoxy groups -OCH3 is 1. The van der Waals surface area contributed by atoms with Crippen molar-refractivity contribution >= 4 is 21.7 Å². The number of halogens is 1. The summed E-state index contributed by atoms with van der Waals surface area (Å²) in [6.07, 6.45) is 1.84. The maximum absolute atomic E-state index is 12.6. The maximum atomic E-state index is 12.6. The summed E-state index contributed by atoms with van der Waals surface area (Å²) in [5.41, 5.74) is 2.70. The van der Waals surface area contributed by atoms with Crippen molar-refractivity contribution in [3.05, 3.63) is 70.4 Å². The Morgan fingerprint density at radius 2 is 1.96 bits per heavy atom. The number of hydrogen-bond acceptors (Lipinski definition) is 3. The van der Waals surface area contributed by atoms with Crippen molar-refractivity contribution in [3.8, 4) is 17.0 Å². The molecule has 6 heteroatoms. The Kier molecular flexibility index (Phi) is 4.90. The van der Waals surface area contributed by atoms with Crippen molar-refractivity contribution < 1.29 is 9.53 Å². The molecule has 1 heterocycles. The van der Waals surface area contributed by atoms with Crippen LogP contribution >= 0.6 is 15.9 Å². The van der Waals surface area contributed by atoms with Crippen LogP contribution in [0.4, 0.5) is 0 Å². The van der Waals surface area contributed by atoms with Crippen molar-refractivity contribution in [3.63, 3.8) is 0 Å². The third kappa shape index (κ3) is 3.58. The molecule has 0 spiro atoms. The molecule has 25 heavy (non-hydrogen) atoms. The number of ketones is 1. The summed E-state index contributed by atoms with van der Waals surface area (Å²) in [6.45, 7) is 0.105. The zero-order valence-corrected chi connectivity index (χ0v) is 15.6. The lowest BCUT2D eigenvalue weighted by Gasteiger charge is -2.04. The molecule has 1 aromatic heterocycles. The van der Waals surface area contributed by atoms with Gasteiger partial charge in [-0.2, -0.15) is 0 Å². The van der Waals surface area contributed by atoms with Crippen LogP contribution in [0.1, 0.15) is 10.4 Å². The molecule has 0 fully saturated rings. The summed E-state index contributed by atoms with van der Waals surface area (Å²) in [6, 6.07) is 14.9. The Morgan fingerprint density at radius 1 is 1.20 bits per heavy atom. The fourth-order valence-electron chi connectivity index (χ4n) is 2.68. The van der Waals surface area contributed by atoms with Gasteiger partial charge in [-0.25, -0.2) is 0 Å². The number of benzene rings is 2. The van der Waals surface area contributed by atoms with Crippen LogP contribution in [0, 0.1) is 5.41 Å². The fourth-order valence-corrected chi connectivity index (χ4v) is 3.08. The number of carbonyl (C=O) groups is 1. The predicted molar refractivity (Wildman–Crippen MR) is 99.7 cm³/mol. The first kappa shape index (κ1) is 17.2.